The highest BCUT2D eigenvalue weighted by Crippen LogP contribution is 2.28. The van der Waals surface area contributed by atoms with E-state index in [9.17, 15) is 4.79 Å². The molecular weight excluding hydrogens is 270 g/mol. The van der Waals surface area contributed by atoms with Gasteiger partial charge < -0.3 is 10.4 Å². The molecule has 0 amide bonds. The number of rotatable bonds is 6. The maximum atomic E-state index is 10.9. The molecule has 2 N–H and O–H groups in total. The second kappa shape index (κ2) is 6.68. The van der Waals surface area contributed by atoms with Crippen molar-refractivity contribution in [2.45, 2.75) is 20.4 Å². The monoisotopic (exact) mass is 289 g/mol. The fraction of sp³-hybridized carbons (Fsp3) is 0.312. The molecular formula is C16H19NO2S. The van der Waals surface area contributed by atoms with E-state index in [4.69, 9.17) is 5.11 Å². The van der Waals surface area contributed by atoms with E-state index in [0.717, 1.165) is 23.5 Å². The van der Waals surface area contributed by atoms with Crippen LogP contribution in [0, 0.1) is 5.92 Å². The largest absolute Gasteiger partial charge is 0.477 e. The normalized spacial score (nSPS) is 10.9. The number of nitrogens with one attached hydrogen (secondary N) is 1. The standard InChI is InChI=1S/C16H19NO2S/c1-11(2)9-17-10-12-3-5-13(6-4-12)14-7-8-15(20-14)16(18)19/h3-8,11,17H,9-10H2,1-2H3,(H,18,19). The Hall–Kier alpha value is -1.65. The van der Waals surface area contributed by atoms with Crippen LogP contribution in [0.1, 0.15) is 29.1 Å². The van der Waals surface area contributed by atoms with E-state index >= 15 is 0 Å². The summed E-state index contributed by atoms with van der Waals surface area (Å²) in [5.74, 6) is -0.217. The minimum Gasteiger partial charge on any atom is -0.477 e. The lowest BCUT2D eigenvalue weighted by Gasteiger charge is -2.07. The average Bonchev–Trinajstić information content (AvgIpc) is 2.89. The number of carboxylic acid groups (broad SMARTS) is 1. The van der Waals surface area contributed by atoms with Gasteiger partial charge in [0.25, 0.3) is 0 Å². The topological polar surface area (TPSA) is 49.3 Å². The molecule has 0 aliphatic carbocycles. The zero-order valence-electron chi connectivity index (χ0n) is 11.7. The lowest BCUT2D eigenvalue weighted by Crippen LogP contribution is -2.18. The fourth-order valence-corrected chi connectivity index (χ4v) is 2.75. The molecule has 1 aromatic heterocycles. The first-order chi connectivity index (χ1) is 9.56. The van der Waals surface area contributed by atoms with Crippen LogP contribution in [0.2, 0.25) is 0 Å². The summed E-state index contributed by atoms with van der Waals surface area (Å²) < 4.78 is 0. The van der Waals surface area contributed by atoms with E-state index in [-0.39, 0.29) is 0 Å². The first-order valence-corrected chi connectivity index (χ1v) is 7.51. The lowest BCUT2D eigenvalue weighted by atomic mass is 10.1. The van der Waals surface area contributed by atoms with Gasteiger partial charge in [-0.25, -0.2) is 4.79 Å². The summed E-state index contributed by atoms with van der Waals surface area (Å²) in [5.41, 5.74) is 2.31. The molecule has 0 spiro atoms. The molecule has 2 aromatic rings. The van der Waals surface area contributed by atoms with Gasteiger partial charge in [-0.1, -0.05) is 38.1 Å². The summed E-state index contributed by atoms with van der Waals surface area (Å²) in [6, 6.07) is 11.8. The summed E-state index contributed by atoms with van der Waals surface area (Å²) in [6.45, 7) is 6.25. The number of hydrogen-bond acceptors (Lipinski definition) is 3. The third-order valence-corrected chi connectivity index (χ3v) is 4.06. The van der Waals surface area contributed by atoms with Crippen molar-refractivity contribution < 1.29 is 9.90 Å². The van der Waals surface area contributed by atoms with Crippen molar-refractivity contribution in [3.8, 4) is 10.4 Å². The van der Waals surface area contributed by atoms with Crippen molar-refractivity contribution in [2.24, 2.45) is 5.92 Å². The Morgan fingerprint density at radius 2 is 1.90 bits per heavy atom. The zero-order valence-corrected chi connectivity index (χ0v) is 12.5. The van der Waals surface area contributed by atoms with E-state index in [1.165, 1.54) is 16.9 Å². The van der Waals surface area contributed by atoms with E-state index in [1.54, 1.807) is 6.07 Å². The molecule has 0 aliphatic heterocycles. The van der Waals surface area contributed by atoms with Crippen LogP contribution in [0.5, 0.6) is 0 Å². The second-order valence-electron chi connectivity index (χ2n) is 5.19. The molecule has 0 saturated heterocycles. The van der Waals surface area contributed by atoms with Gasteiger partial charge in [-0.15, -0.1) is 11.3 Å². The maximum Gasteiger partial charge on any atom is 0.345 e. The third-order valence-electron chi connectivity index (χ3n) is 2.94. The Balaban J connectivity index is 2.01. The van der Waals surface area contributed by atoms with Crippen molar-refractivity contribution in [2.75, 3.05) is 6.54 Å². The zero-order chi connectivity index (χ0) is 14.5. The van der Waals surface area contributed by atoms with Crippen LogP contribution in [-0.2, 0) is 6.54 Å². The number of thiophene rings is 1. The molecule has 2 rings (SSSR count). The maximum absolute atomic E-state index is 10.9. The Kier molecular flexibility index (Phi) is 4.93. The second-order valence-corrected chi connectivity index (χ2v) is 6.27. The molecule has 20 heavy (non-hydrogen) atoms. The Bertz CT molecular complexity index is 572. The number of benzene rings is 1. The predicted molar refractivity (Wildman–Crippen MR) is 83.3 cm³/mol. The van der Waals surface area contributed by atoms with Crippen molar-refractivity contribution in [1.82, 2.24) is 5.32 Å². The lowest BCUT2D eigenvalue weighted by molar-refractivity contribution is 0.0702. The predicted octanol–water partition coefficient (Wildman–Crippen LogP) is 3.86. The van der Waals surface area contributed by atoms with Crippen LogP contribution < -0.4 is 5.32 Å². The average molecular weight is 289 g/mol. The summed E-state index contributed by atoms with van der Waals surface area (Å²) in [7, 11) is 0. The van der Waals surface area contributed by atoms with Gasteiger partial charge in [0.2, 0.25) is 0 Å². The molecule has 0 fully saturated rings. The molecule has 0 radical (unpaired) electrons. The number of hydrogen-bond donors (Lipinski definition) is 2. The number of aromatic carboxylic acids is 1. The SMILES string of the molecule is CC(C)CNCc1ccc(-c2ccc(C(=O)O)s2)cc1. The van der Waals surface area contributed by atoms with E-state index in [1.807, 2.05) is 18.2 Å². The molecule has 0 aliphatic rings. The van der Waals surface area contributed by atoms with Crippen LogP contribution in [0.15, 0.2) is 36.4 Å². The van der Waals surface area contributed by atoms with Crippen molar-refractivity contribution in [3.05, 3.63) is 46.8 Å². The molecule has 0 unspecified atom stereocenters. The fourth-order valence-electron chi connectivity index (χ4n) is 1.90. The van der Waals surface area contributed by atoms with Crippen LogP contribution in [0.3, 0.4) is 0 Å². The van der Waals surface area contributed by atoms with Gasteiger partial charge >= 0.3 is 5.97 Å². The molecule has 106 valence electrons. The molecule has 0 atom stereocenters. The highest BCUT2D eigenvalue weighted by atomic mass is 32.1. The molecule has 4 heteroatoms. The Morgan fingerprint density at radius 3 is 2.45 bits per heavy atom. The number of carboxylic acids is 1. The summed E-state index contributed by atoms with van der Waals surface area (Å²) in [6.07, 6.45) is 0. The van der Waals surface area contributed by atoms with Crippen LogP contribution in [-0.4, -0.2) is 17.6 Å². The van der Waals surface area contributed by atoms with Crippen molar-refractivity contribution in [1.29, 1.82) is 0 Å². The highest BCUT2D eigenvalue weighted by molar-refractivity contribution is 7.17. The van der Waals surface area contributed by atoms with Gasteiger partial charge in [0, 0.05) is 11.4 Å². The molecule has 3 nitrogen and oxygen atoms in total. The molecule has 0 saturated carbocycles. The summed E-state index contributed by atoms with van der Waals surface area (Å²) >= 11 is 1.31. The van der Waals surface area contributed by atoms with Crippen LogP contribution >= 0.6 is 11.3 Å². The van der Waals surface area contributed by atoms with Gasteiger partial charge in [-0.3, -0.25) is 0 Å². The van der Waals surface area contributed by atoms with Crippen LogP contribution in [0.4, 0.5) is 0 Å². The van der Waals surface area contributed by atoms with Crippen molar-refractivity contribution >= 4 is 17.3 Å². The third kappa shape index (κ3) is 3.92. The molecule has 0 bridgehead atoms. The first-order valence-electron chi connectivity index (χ1n) is 6.69. The van der Waals surface area contributed by atoms with Gasteiger partial charge in [0.1, 0.15) is 4.88 Å². The van der Waals surface area contributed by atoms with Gasteiger partial charge in [0.05, 0.1) is 0 Å². The molecule has 1 aromatic carbocycles. The Morgan fingerprint density at radius 1 is 1.20 bits per heavy atom. The minimum absolute atomic E-state index is 0.377. The van der Waals surface area contributed by atoms with E-state index < -0.39 is 5.97 Å². The van der Waals surface area contributed by atoms with E-state index in [2.05, 4.69) is 31.3 Å². The first kappa shape index (κ1) is 14.8. The minimum atomic E-state index is -0.865. The van der Waals surface area contributed by atoms with Crippen molar-refractivity contribution in [3.63, 3.8) is 0 Å². The summed E-state index contributed by atoms with van der Waals surface area (Å²) in [5, 5.41) is 12.3. The van der Waals surface area contributed by atoms with Crippen LogP contribution in [0.25, 0.3) is 10.4 Å². The van der Waals surface area contributed by atoms with E-state index in [0.29, 0.717) is 10.8 Å². The number of carbonyl (C=O) groups is 1. The van der Waals surface area contributed by atoms with Gasteiger partial charge in [0.15, 0.2) is 0 Å². The van der Waals surface area contributed by atoms with Gasteiger partial charge in [-0.05, 0) is 35.7 Å². The molecule has 1 heterocycles. The Labute approximate surface area is 123 Å². The smallest absolute Gasteiger partial charge is 0.345 e. The summed E-state index contributed by atoms with van der Waals surface area (Å²) in [4.78, 5) is 12.2. The highest BCUT2D eigenvalue weighted by Gasteiger charge is 2.08. The quantitative estimate of drug-likeness (QED) is 0.849. The van der Waals surface area contributed by atoms with Gasteiger partial charge in [-0.2, -0.15) is 0 Å².